The molecule has 2 aliphatic carbocycles. The third-order valence-corrected chi connectivity index (χ3v) is 7.25. The highest BCUT2D eigenvalue weighted by molar-refractivity contribution is 7.13. The Morgan fingerprint density at radius 1 is 0.432 bits per heavy atom. The highest BCUT2D eigenvalue weighted by atomic mass is 32.1. The molecular formula is C31H17NO4S. The van der Waals surface area contributed by atoms with E-state index in [1.54, 1.807) is 91.1 Å². The Kier molecular flexibility index (Phi) is 5.51. The maximum absolute atomic E-state index is 12.8. The standard InChI is InChI=1S/C17H9NO2S.C14H8O2/c19-15-10-4-1-2-5-11(10)16(20)14-12(15)6-3-7-13(14)17-18-8-9-21-17;15-13-9-5-1-2-6-10(9)14(16)12-8-4-3-7-11(12)13/h1-9H;1-8H. The van der Waals surface area contributed by atoms with Crippen LogP contribution in [0.3, 0.4) is 0 Å². The van der Waals surface area contributed by atoms with Crippen LogP contribution in [0, 0.1) is 0 Å². The fourth-order valence-electron chi connectivity index (χ4n) is 4.73. The minimum absolute atomic E-state index is 0.0641. The Labute approximate surface area is 216 Å². The highest BCUT2D eigenvalue weighted by Crippen LogP contribution is 2.35. The van der Waals surface area contributed by atoms with Crippen molar-refractivity contribution in [2.24, 2.45) is 0 Å². The smallest absolute Gasteiger partial charge is 0.195 e. The predicted octanol–water partition coefficient (Wildman–Crippen LogP) is 6.05. The number of hydrogen-bond donors (Lipinski definition) is 0. The number of thiazole rings is 1. The number of nitrogens with zero attached hydrogens (tertiary/aromatic N) is 1. The Morgan fingerprint density at radius 2 is 0.811 bits per heavy atom. The summed E-state index contributed by atoms with van der Waals surface area (Å²) < 4.78 is 0. The predicted molar refractivity (Wildman–Crippen MR) is 141 cm³/mol. The van der Waals surface area contributed by atoms with E-state index in [0.29, 0.717) is 44.5 Å². The number of aromatic nitrogens is 1. The zero-order chi connectivity index (χ0) is 25.5. The molecule has 5 nitrogen and oxygen atoms in total. The minimum Gasteiger partial charge on any atom is -0.289 e. The van der Waals surface area contributed by atoms with Crippen LogP contribution in [0.2, 0.25) is 0 Å². The SMILES string of the molecule is O=C1c2ccccc2C(=O)c2c1cccc2-c1nccs1.O=C1c2ccccc2C(=O)c2ccccc21. The van der Waals surface area contributed by atoms with Gasteiger partial charge in [-0.3, -0.25) is 19.2 Å². The molecule has 37 heavy (non-hydrogen) atoms. The van der Waals surface area contributed by atoms with Gasteiger partial charge in [-0.15, -0.1) is 11.3 Å². The van der Waals surface area contributed by atoms with Crippen molar-refractivity contribution >= 4 is 34.5 Å². The van der Waals surface area contributed by atoms with Gasteiger partial charge in [0.1, 0.15) is 5.01 Å². The Balaban J connectivity index is 0.000000141. The van der Waals surface area contributed by atoms with Crippen molar-refractivity contribution in [3.8, 4) is 10.6 Å². The van der Waals surface area contributed by atoms with Crippen LogP contribution in [0.25, 0.3) is 10.6 Å². The molecule has 0 unspecified atom stereocenters. The number of carbonyl (C=O) groups is 4. The molecule has 0 N–H and O–H groups in total. The molecule has 5 aromatic rings. The first-order valence-electron chi connectivity index (χ1n) is 11.5. The second-order valence-electron chi connectivity index (χ2n) is 8.52. The molecule has 0 radical (unpaired) electrons. The summed E-state index contributed by atoms with van der Waals surface area (Å²) in [7, 11) is 0. The third kappa shape index (κ3) is 3.66. The summed E-state index contributed by atoms with van der Waals surface area (Å²) in [6.45, 7) is 0. The molecule has 6 heteroatoms. The Hall–Kier alpha value is -4.81. The van der Waals surface area contributed by atoms with Crippen LogP contribution in [-0.2, 0) is 0 Å². The molecule has 0 spiro atoms. The van der Waals surface area contributed by atoms with Crippen molar-refractivity contribution in [1.82, 2.24) is 4.98 Å². The molecule has 0 atom stereocenters. The van der Waals surface area contributed by atoms with Crippen LogP contribution in [0.1, 0.15) is 63.7 Å². The molecule has 0 fully saturated rings. The molecule has 0 saturated heterocycles. The molecule has 176 valence electrons. The average molecular weight is 500 g/mol. The van der Waals surface area contributed by atoms with Crippen LogP contribution >= 0.6 is 11.3 Å². The fourth-order valence-corrected chi connectivity index (χ4v) is 5.40. The van der Waals surface area contributed by atoms with Crippen molar-refractivity contribution in [2.45, 2.75) is 0 Å². The summed E-state index contributed by atoms with van der Waals surface area (Å²) in [5, 5.41) is 2.62. The summed E-state index contributed by atoms with van der Waals surface area (Å²) in [6, 6.07) is 26.2. The third-order valence-electron chi connectivity index (χ3n) is 6.45. The van der Waals surface area contributed by atoms with Gasteiger partial charge >= 0.3 is 0 Å². The van der Waals surface area contributed by atoms with Crippen molar-refractivity contribution in [2.75, 3.05) is 0 Å². The normalized spacial score (nSPS) is 13.1. The highest BCUT2D eigenvalue weighted by Gasteiger charge is 2.32. The van der Waals surface area contributed by atoms with Crippen molar-refractivity contribution < 1.29 is 19.2 Å². The topological polar surface area (TPSA) is 81.2 Å². The van der Waals surface area contributed by atoms with E-state index in [2.05, 4.69) is 4.98 Å². The zero-order valence-electron chi connectivity index (χ0n) is 19.3. The van der Waals surface area contributed by atoms with Gasteiger partial charge in [0.15, 0.2) is 23.1 Å². The zero-order valence-corrected chi connectivity index (χ0v) is 20.1. The number of fused-ring (bicyclic) bond motifs is 4. The molecule has 0 saturated carbocycles. The first-order chi connectivity index (χ1) is 18.1. The van der Waals surface area contributed by atoms with Crippen molar-refractivity contribution in [3.63, 3.8) is 0 Å². The fraction of sp³-hybridized carbons (Fsp3) is 0. The molecule has 4 aromatic carbocycles. The summed E-state index contributed by atoms with van der Waals surface area (Å²) in [5.74, 6) is -0.332. The summed E-state index contributed by atoms with van der Waals surface area (Å²) in [4.78, 5) is 53.9. The van der Waals surface area contributed by atoms with E-state index in [1.165, 1.54) is 11.3 Å². The summed E-state index contributed by atoms with van der Waals surface area (Å²) in [5.41, 5.74) is 4.64. The van der Waals surface area contributed by atoms with Gasteiger partial charge in [-0.2, -0.15) is 0 Å². The molecule has 2 aliphatic rings. The Bertz CT molecular complexity index is 1650. The number of ketones is 4. The van der Waals surface area contributed by atoms with Crippen molar-refractivity contribution in [3.05, 3.63) is 147 Å². The Morgan fingerprint density at radius 3 is 1.24 bits per heavy atom. The molecule has 0 amide bonds. The van der Waals surface area contributed by atoms with Gasteiger partial charge in [0.25, 0.3) is 0 Å². The van der Waals surface area contributed by atoms with Crippen LogP contribution in [-0.4, -0.2) is 28.1 Å². The van der Waals surface area contributed by atoms with E-state index in [-0.39, 0.29) is 23.1 Å². The quantitative estimate of drug-likeness (QED) is 0.275. The van der Waals surface area contributed by atoms with Gasteiger partial charge < -0.3 is 0 Å². The number of benzene rings is 4. The van der Waals surface area contributed by atoms with Gasteiger partial charge in [0, 0.05) is 61.6 Å². The largest absolute Gasteiger partial charge is 0.289 e. The lowest BCUT2D eigenvalue weighted by Gasteiger charge is -2.19. The number of hydrogen-bond acceptors (Lipinski definition) is 6. The van der Waals surface area contributed by atoms with Crippen LogP contribution in [0.15, 0.2) is 103 Å². The lowest BCUT2D eigenvalue weighted by Crippen LogP contribution is -2.21. The molecule has 1 aromatic heterocycles. The van der Waals surface area contributed by atoms with Gasteiger partial charge in [-0.05, 0) is 0 Å². The summed E-state index contributed by atoms with van der Waals surface area (Å²) in [6.07, 6.45) is 1.70. The number of rotatable bonds is 1. The second kappa shape index (κ2) is 9.00. The van der Waals surface area contributed by atoms with Crippen LogP contribution < -0.4 is 0 Å². The maximum atomic E-state index is 12.8. The van der Waals surface area contributed by atoms with E-state index < -0.39 is 0 Å². The van der Waals surface area contributed by atoms with E-state index in [1.807, 2.05) is 11.4 Å². The van der Waals surface area contributed by atoms with E-state index >= 15 is 0 Å². The lowest BCUT2D eigenvalue weighted by molar-refractivity contribution is 0.0979. The molecule has 1 heterocycles. The van der Waals surface area contributed by atoms with E-state index in [0.717, 1.165) is 10.6 Å². The second-order valence-corrected chi connectivity index (χ2v) is 9.41. The monoisotopic (exact) mass is 499 g/mol. The van der Waals surface area contributed by atoms with Crippen molar-refractivity contribution in [1.29, 1.82) is 0 Å². The van der Waals surface area contributed by atoms with Gasteiger partial charge in [0.05, 0.1) is 0 Å². The first kappa shape index (κ1) is 22.6. The lowest BCUT2D eigenvalue weighted by atomic mass is 9.82. The summed E-state index contributed by atoms with van der Waals surface area (Å²) >= 11 is 1.46. The molecule has 0 aliphatic heterocycles. The van der Waals surface area contributed by atoms with Crippen LogP contribution in [0.5, 0.6) is 0 Å². The molecule has 0 bridgehead atoms. The number of carbonyl (C=O) groups excluding carboxylic acids is 4. The average Bonchev–Trinajstić information content (AvgIpc) is 3.50. The minimum atomic E-state index is -0.106. The van der Waals surface area contributed by atoms with Gasteiger partial charge in [-0.25, -0.2) is 4.98 Å². The van der Waals surface area contributed by atoms with Crippen LogP contribution in [0.4, 0.5) is 0 Å². The van der Waals surface area contributed by atoms with E-state index in [4.69, 9.17) is 0 Å². The molecule has 7 rings (SSSR count). The molecular weight excluding hydrogens is 482 g/mol. The van der Waals surface area contributed by atoms with Gasteiger partial charge in [-0.1, -0.05) is 91.0 Å². The maximum Gasteiger partial charge on any atom is 0.195 e. The van der Waals surface area contributed by atoms with E-state index in [9.17, 15) is 19.2 Å². The first-order valence-corrected chi connectivity index (χ1v) is 12.4. The van der Waals surface area contributed by atoms with Gasteiger partial charge in [0.2, 0.25) is 0 Å².